The topological polar surface area (TPSA) is 101 Å². The third-order valence-electron chi connectivity index (χ3n) is 4.65. The molecule has 0 spiro atoms. The first-order valence-corrected chi connectivity index (χ1v) is 9.12. The Morgan fingerprint density at radius 3 is 2.83 bits per heavy atom. The van der Waals surface area contributed by atoms with Crippen molar-refractivity contribution in [3.05, 3.63) is 66.1 Å². The van der Waals surface area contributed by atoms with Gasteiger partial charge >= 0.3 is 0 Å². The molecule has 0 aliphatic carbocycles. The van der Waals surface area contributed by atoms with Gasteiger partial charge in [0, 0.05) is 24.7 Å². The fraction of sp³-hybridized carbons (Fsp3) is 0.250. The van der Waals surface area contributed by atoms with Gasteiger partial charge in [-0.2, -0.15) is 4.98 Å². The number of benzene rings is 1. The second kappa shape index (κ2) is 8.17. The van der Waals surface area contributed by atoms with Crippen molar-refractivity contribution in [3.8, 4) is 11.4 Å². The molecule has 0 unspecified atom stereocenters. The summed E-state index contributed by atoms with van der Waals surface area (Å²) in [6.45, 7) is 0.776. The Morgan fingerprint density at radius 2 is 2.07 bits per heavy atom. The molecule has 29 heavy (non-hydrogen) atoms. The molecule has 1 N–H and O–H groups in total. The van der Waals surface area contributed by atoms with Crippen LogP contribution in [-0.2, 0) is 22.7 Å². The van der Waals surface area contributed by atoms with E-state index in [1.807, 2.05) is 18.2 Å². The van der Waals surface area contributed by atoms with Crippen molar-refractivity contribution >= 4 is 11.8 Å². The van der Waals surface area contributed by atoms with Crippen LogP contribution in [-0.4, -0.2) is 38.4 Å². The molecular formula is C20H18FN5O3. The summed E-state index contributed by atoms with van der Waals surface area (Å²) < 4.78 is 18.1. The molecular weight excluding hydrogens is 377 g/mol. The molecule has 0 saturated carbocycles. The number of aromatic nitrogens is 3. The average Bonchev–Trinajstić information content (AvgIpc) is 3.35. The second-order valence-electron chi connectivity index (χ2n) is 6.73. The molecule has 1 aliphatic rings. The van der Waals surface area contributed by atoms with Gasteiger partial charge in [-0.25, -0.2) is 4.39 Å². The van der Waals surface area contributed by atoms with E-state index in [0.717, 1.165) is 5.69 Å². The van der Waals surface area contributed by atoms with E-state index in [2.05, 4.69) is 20.4 Å². The Bertz CT molecular complexity index is 1010. The number of halogens is 1. The molecule has 148 valence electrons. The zero-order chi connectivity index (χ0) is 20.2. The van der Waals surface area contributed by atoms with Crippen LogP contribution >= 0.6 is 0 Å². The van der Waals surface area contributed by atoms with Gasteiger partial charge in [0.1, 0.15) is 5.82 Å². The zero-order valence-electron chi connectivity index (χ0n) is 15.4. The maximum Gasteiger partial charge on any atom is 0.246 e. The highest BCUT2D eigenvalue weighted by molar-refractivity contribution is 5.89. The molecule has 1 aromatic carbocycles. The molecule has 4 rings (SSSR count). The minimum Gasteiger partial charge on any atom is -0.347 e. The van der Waals surface area contributed by atoms with Gasteiger partial charge in [-0.3, -0.25) is 14.6 Å². The number of hydrogen-bond donors (Lipinski definition) is 1. The van der Waals surface area contributed by atoms with E-state index >= 15 is 0 Å². The number of pyridine rings is 1. The van der Waals surface area contributed by atoms with E-state index in [9.17, 15) is 14.0 Å². The van der Waals surface area contributed by atoms with Crippen LogP contribution in [0.1, 0.15) is 18.0 Å². The standard InChI is InChI=1S/C20H18FN5O3/c21-15-6-4-13(5-7-15)19-24-17(29-25-19)10-23-20(28)14-9-18(27)26(11-14)12-16-3-1-2-8-22-16/h1-8,14H,9-12H2,(H,23,28)/t14-/m0/s1. The predicted octanol–water partition coefficient (Wildman–Crippen LogP) is 1.94. The number of amides is 2. The van der Waals surface area contributed by atoms with Gasteiger partial charge < -0.3 is 14.7 Å². The number of nitrogens with zero attached hydrogens (tertiary/aromatic N) is 4. The van der Waals surface area contributed by atoms with E-state index in [4.69, 9.17) is 4.52 Å². The molecule has 0 radical (unpaired) electrons. The summed E-state index contributed by atoms with van der Waals surface area (Å²) in [4.78, 5) is 34.7. The normalized spacial score (nSPS) is 16.2. The van der Waals surface area contributed by atoms with Crippen molar-refractivity contribution in [2.75, 3.05) is 6.54 Å². The first-order valence-electron chi connectivity index (χ1n) is 9.12. The highest BCUT2D eigenvalue weighted by Crippen LogP contribution is 2.20. The van der Waals surface area contributed by atoms with Crippen molar-refractivity contribution < 1.29 is 18.5 Å². The van der Waals surface area contributed by atoms with Crippen LogP contribution in [0.2, 0.25) is 0 Å². The lowest BCUT2D eigenvalue weighted by molar-refractivity contribution is -0.129. The molecule has 2 amide bonds. The molecule has 0 bridgehead atoms. The molecule has 2 aromatic heterocycles. The van der Waals surface area contributed by atoms with Crippen molar-refractivity contribution in [3.63, 3.8) is 0 Å². The summed E-state index contributed by atoms with van der Waals surface area (Å²) in [5, 5.41) is 6.56. The predicted molar refractivity (Wildman–Crippen MR) is 99.3 cm³/mol. The number of hydrogen-bond acceptors (Lipinski definition) is 6. The van der Waals surface area contributed by atoms with Crippen molar-refractivity contribution in [2.45, 2.75) is 19.5 Å². The number of nitrogens with one attached hydrogen (secondary N) is 1. The lowest BCUT2D eigenvalue weighted by Crippen LogP contribution is -2.32. The summed E-state index contributed by atoms with van der Waals surface area (Å²) in [6.07, 6.45) is 1.83. The Labute approximate surface area is 165 Å². The SMILES string of the molecule is O=C(NCc1nc(-c2ccc(F)cc2)no1)[C@H]1CC(=O)N(Cc2ccccn2)C1. The number of rotatable bonds is 6. The Balaban J connectivity index is 1.31. The maximum atomic E-state index is 13.0. The van der Waals surface area contributed by atoms with Crippen LogP contribution in [0, 0.1) is 11.7 Å². The Kier molecular flexibility index (Phi) is 5.28. The van der Waals surface area contributed by atoms with Crippen LogP contribution in [0.15, 0.2) is 53.2 Å². The summed E-state index contributed by atoms with van der Waals surface area (Å²) in [6, 6.07) is 11.2. The molecule has 1 aliphatic heterocycles. The van der Waals surface area contributed by atoms with Crippen molar-refractivity contribution in [1.29, 1.82) is 0 Å². The lowest BCUT2D eigenvalue weighted by Gasteiger charge is -2.15. The Hall–Kier alpha value is -3.62. The number of carbonyl (C=O) groups is 2. The van der Waals surface area contributed by atoms with Gasteiger partial charge in [-0.1, -0.05) is 11.2 Å². The molecule has 3 aromatic rings. The highest BCUT2D eigenvalue weighted by atomic mass is 19.1. The second-order valence-corrected chi connectivity index (χ2v) is 6.73. The smallest absolute Gasteiger partial charge is 0.246 e. The summed E-state index contributed by atoms with van der Waals surface area (Å²) >= 11 is 0. The van der Waals surface area contributed by atoms with Gasteiger partial charge in [0.15, 0.2) is 0 Å². The van der Waals surface area contributed by atoms with Crippen LogP contribution in [0.25, 0.3) is 11.4 Å². The molecule has 3 heterocycles. The molecule has 1 fully saturated rings. The maximum absolute atomic E-state index is 13.0. The van der Waals surface area contributed by atoms with E-state index in [1.165, 1.54) is 12.1 Å². The molecule has 1 saturated heterocycles. The van der Waals surface area contributed by atoms with E-state index < -0.39 is 5.92 Å². The van der Waals surface area contributed by atoms with Crippen LogP contribution < -0.4 is 5.32 Å². The molecule has 1 atom stereocenters. The van der Waals surface area contributed by atoms with Crippen molar-refractivity contribution in [2.24, 2.45) is 5.92 Å². The average molecular weight is 395 g/mol. The minimum absolute atomic E-state index is 0.0535. The minimum atomic E-state index is -0.439. The van der Waals surface area contributed by atoms with Gasteiger partial charge in [-0.05, 0) is 36.4 Å². The zero-order valence-corrected chi connectivity index (χ0v) is 15.4. The monoisotopic (exact) mass is 395 g/mol. The third kappa shape index (κ3) is 4.45. The molecule has 9 heteroatoms. The van der Waals surface area contributed by atoms with E-state index in [-0.39, 0.29) is 36.5 Å². The van der Waals surface area contributed by atoms with E-state index in [0.29, 0.717) is 24.5 Å². The first-order chi connectivity index (χ1) is 14.1. The van der Waals surface area contributed by atoms with Gasteiger partial charge in [0.05, 0.1) is 24.7 Å². The van der Waals surface area contributed by atoms with Crippen LogP contribution in [0.3, 0.4) is 0 Å². The highest BCUT2D eigenvalue weighted by Gasteiger charge is 2.34. The van der Waals surface area contributed by atoms with E-state index in [1.54, 1.807) is 23.2 Å². The Morgan fingerprint density at radius 1 is 1.24 bits per heavy atom. The fourth-order valence-electron chi connectivity index (χ4n) is 3.14. The summed E-state index contributed by atoms with van der Waals surface area (Å²) in [5.74, 6) is -0.576. The van der Waals surface area contributed by atoms with Crippen molar-refractivity contribution in [1.82, 2.24) is 25.3 Å². The van der Waals surface area contributed by atoms with Gasteiger partial charge in [0.25, 0.3) is 0 Å². The first kappa shape index (κ1) is 18.7. The summed E-state index contributed by atoms with van der Waals surface area (Å²) in [7, 11) is 0. The third-order valence-corrected chi connectivity index (χ3v) is 4.65. The van der Waals surface area contributed by atoms with Gasteiger partial charge in [-0.15, -0.1) is 0 Å². The fourth-order valence-corrected chi connectivity index (χ4v) is 3.14. The van der Waals surface area contributed by atoms with Gasteiger partial charge in [0.2, 0.25) is 23.5 Å². The number of carbonyl (C=O) groups excluding carboxylic acids is 2. The largest absolute Gasteiger partial charge is 0.347 e. The van der Waals surface area contributed by atoms with Crippen LogP contribution in [0.4, 0.5) is 4.39 Å². The lowest BCUT2D eigenvalue weighted by atomic mass is 10.1. The number of likely N-dealkylation sites (tertiary alicyclic amines) is 1. The molecule has 8 nitrogen and oxygen atoms in total. The quantitative estimate of drug-likeness (QED) is 0.684. The summed E-state index contributed by atoms with van der Waals surface area (Å²) in [5.41, 5.74) is 1.39. The van der Waals surface area contributed by atoms with Crippen LogP contribution in [0.5, 0.6) is 0 Å².